The molecule has 32 heavy (non-hydrogen) atoms. The Labute approximate surface area is 179 Å². The predicted molar refractivity (Wildman–Crippen MR) is 109 cm³/mol. The van der Waals surface area contributed by atoms with E-state index in [1.54, 1.807) is 6.07 Å². The van der Waals surface area contributed by atoms with E-state index in [2.05, 4.69) is 15.1 Å². The molecule has 0 radical (unpaired) electrons. The van der Waals surface area contributed by atoms with Gasteiger partial charge in [-0.3, -0.25) is 0 Å². The lowest BCUT2D eigenvalue weighted by atomic mass is 10.0. The summed E-state index contributed by atoms with van der Waals surface area (Å²) in [5, 5.41) is 21.0. The SMILES string of the molecule is Cc1ccn(-c2ccc(-c3cc(C(=O)O)c4nc(C)[nH]c4c3)cc2)n1.O=C(O)C(F)(F)F. The highest BCUT2D eigenvalue weighted by Crippen LogP contribution is 2.27. The summed E-state index contributed by atoms with van der Waals surface area (Å²) in [5.74, 6) is -3.05. The van der Waals surface area contributed by atoms with Crippen molar-refractivity contribution >= 4 is 23.0 Å². The van der Waals surface area contributed by atoms with E-state index in [0.717, 1.165) is 28.0 Å². The van der Waals surface area contributed by atoms with Crippen LogP contribution in [0.3, 0.4) is 0 Å². The van der Waals surface area contributed by atoms with E-state index in [9.17, 15) is 23.1 Å². The minimum atomic E-state index is -5.08. The Morgan fingerprint density at radius 3 is 2.12 bits per heavy atom. The number of benzene rings is 2. The number of halogens is 3. The third-order valence-electron chi connectivity index (χ3n) is 4.37. The van der Waals surface area contributed by atoms with Gasteiger partial charge in [0, 0.05) is 6.20 Å². The molecule has 0 saturated carbocycles. The monoisotopic (exact) mass is 446 g/mol. The molecule has 2 heterocycles. The average molecular weight is 446 g/mol. The number of hydrogen-bond donors (Lipinski definition) is 3. The van der Waals surface area contributed by atoms with Crippen molar-refractivity contribution in [1.29, 1.82) is 0 Å². The Morgan fingerprint density at radius 2 is 1.62 bits per heavy atom. The minimum absolute atomic E-state index is 0.198. The fraction of sp³-hybridized carbons (Fsp3) is 0.143. The van der Waals surface area contributed by atoms with Gasteiger partial charge in [-0.1, -0.05) is 12.1 Å². The van der Waals surface area contributed by atoms with Crippen LogP contribution in [-0.2, 0) is 4.79 Å². The summed E-state index contributed by atoms with van der Waals surface area (Å²) < 4.78 is 33.5. The number of nitrogens with one attached hydrogen (secondary N) is 1. The van der Waals surface area contributed by atoms with E-state index in [1.165, 1.54) is 0 Å². The van der Waals surface area contributed by atoms with Crippen molar-refractivity contribution in [3.63, 3.8) is 0 Å². The predicted octanol–water partition coefficient (Wildman–Crippen LogP) is 4.36. The van der Waals surface area contributed by atoms with Crippen molar-refractivity contribution in [2.24, 2.45) is 0 Å². The molecule has 0 aliphatic carbocycles. The summed E-state index contributed by atoms with van der Waals surface area (Å²) >= 11 is 0. The molecule has 2 aromatic carbocycles. The number of carbonyl (C=O) groups is 2. The first kappa shape index (κ1) is 22.5. The zero-order valence-corrected chi connectivity index (χ0v) is 16.8. The van der Waals surface area contributed by atoms with Gasteiger partial charge in [0.05, 0.1) is 22.5 Å². The molecule has 0 fully saturated rings. The molecule has 0 aliphatic rings. The van der Waals surface area contributed by atoms with Crippen molar-refractivity contribution in [3.05, 3.63) is 65.7 Å². The minimum Gasteiger partial charge on any atom is -0.478 e. The number of alkyl halides is 3. The fourth-order valence-electron chi connectivity index (χ4n) is 2.94. The lowest BCUT2D eigenvalue weighted by Crippen LogP contribution is -2.21. The molecule has 4 rings (SSSR count). The normalized spacial score (nSPS) is 11.2. The highest BCUT2D eigenvalue weighted by atomic mass is 19.4. The second kappa shape index (κ2) is 8.53. The number of imidazole rings is 1. The zero-order chi connectivity index (χ0) is 23.6. The molecule has 2 aromatic heterocycles. The van der Waals surface area contributed by atoms with E-state index in [4.69, 9.17) is 9.90 Å². The summed E-state index contributed by atoms with van der Waals surface area (Å²) in [6, 6.07) is 13.4. The first-order valence-electron chi connectivity index (χ1n) is 9.12. The Morgan fingerprint density at radius 1 is 1.00 bits per heavy atom. The van der Waals surface area contributed by atoms with Crippen LogP contribution < -0.4 is 0 Å². The molecule has 11 heteroatoms. The first-order chi connectivity index (χ1) is 15.0. The molecule has 0 unspecified atom stereocenters. The van der Waals surface area contributed by atoms with Gasteiger partial charge in [0.15, 0.2) is 0 Å². The number of nitrogens with zero attached hydrogens (tertiary/aromatic N) is 3. The molecule has 8 nitrogen and oxygen atoms in total. The van der Waals surface area contributed by atoms with E-state index in [0.29, 0.717) is 11.3 Å². The van der Waals surface area contributed by atoms with Crippen LogP contribution in [0.5, 0.6) is 0 Å². The number of H-pyrrole nitrogens is 1. The van der Waals surface area contributed by atoms with E-state index in [-0.39, 0.29) is 5.56 Å². The molecule has 0 atom stereocenters. The number of carboxylic acids is 2. The van der Waals surface area contributed by atoms with Gasteiger partial charge >= 0.3 is 18.1 Å². The number of hydrogen-bond acceptors (Lipinski definition) is 4. The molecule has 0 amide bonds. The summed E-state index contributed by atoms with van der Waals surface area (Å²) in [4.78, 5) is 27.9. The molecular formula is C21H17F3N4O4. The lowest BCUT2D eigenvalue weighted by Gasteiger charge is -2.07. The molecule has 0 spiro atoms. The van der Waals surface area contributed by atoms with Gasteiger partial charge in [-0.15, -0.1) is 0 Å². The Bertz CT molecular complexity index is 1290. The second-order valence-electron chi connectivity index (χ2n) is 6.80. The maximum Gasteiger partial charge on any atom is 0.490 e. The fourth-order valence-corrected chi connectivity index (χ4v) is 2.94. The number of carboxylic acid groups (broad SMARTS) is 2. The highest BCUT2D eigenvalue weighted by Gasteiger charge is 2.38. The summed E-state index contributed by atoms with van der Waals surface area (Å²) in [6.45, 7) is 3.76. The van der Waals surface area contributed by atoms with E-state index >= 15 is 0 Å². The number of fused-ring (bicyclic) bond motifs is 1. The third-order valence-corrected chi connectivity index (χ3v) is 4.37. The van der Waals surface area contributed by atoms with Gasteiger partial charge in [0.1, 0.15) is 11.3 Å². The van der Waals surface area contributed by atoms with E-state index < -0.39 is 18.1 Å². The van der Waals surface area contributed by atoms with Crippen molar-refractivity contribution < 1.29 is 33.0 Å². The van der Waals surface area contributed by atoms with Crippen molar-refractivity contribution in [1.82, 2.24) is 19.7 Å². The first-order valence-corrected chi connectivity index (χ1v) is 9.12. The van der Waals surface area contributed by atoms with Crippen molar-refractivity contribution in [3.8, 4) is 16.8 Å². The van der Waals surface area contributed by atoms with Crippen LogP contribution in [0.1, 0.15) is 21.9 Å². The molecular weight excluding hydrogens is 429 g/mol. The summed E-state index contributed by atoms with van der Waals surface area (Å²) in [6.07, 6.45) is -3.17. The molecule has 3 N–H and O–H groups in total. The number of aromatic nitrogens is 4. The van der Waals surface area contributed by atoms with E-state index in [1.807, 2.05) is 61.1 Å². The maximum absolute atomic E-state index is 11.6. The Balaban J connectivity index is 0.000000360. The van der Waals surface area contributed by atoms with Gasteiger partial charge in [-0.2, -0.15) is 18.3 Å². The van der Waals surface area contributed by atoms with Crippen LogP contribution in [0.15, 0.2) is 48.7 Å². The van der Waals surface area contributed by atoms with Gasteiger partial charge in [-0.05, 0) is 55.3 Å². The Kier molecular flexibility index (Phi) is 6.01. The zero-order valence-electron chi connectivity index (χ0n) is 16.8. The van der Waals surface area contributed by atoms with Crippen molar-refractivity contribution in [2.75, 3.05) is 0 Å². The van der Waals surface area contributed by atoms with Gasteiger partial charge in [0.25, 0.3) is 0 Å². The third kappa shape index (κ3) is 4.94. The smallest absolute Gasteiger partial charge is 0.478 e. The van der Waals surface area contributed by atoms with Gasteiger partial charge < -0.3 is 15.2 Å². The molecule has 0 aliphatic heterocycles. The number of aromatic carboxylic acids is 1. The summed E-state index contributed by atoms with van der Waals surface area (Å²) in [7, 11) is 0. The lowest BCUT2D eigenvalue weighted by molar-refractivity contribution is -0.192. The van der Waals surface area contributed by atoms with Gasteiger partial charge in [0.2, 0.25) is 0 Å². The number of aromatic amines is 1. The molecule has 0 bridgehead atoms. The number of aliphatic carboxylic acids is 1. The quantitative estimate of drug-likeness (QED) is 0.430. The molecule has 4 aromatic rings. The largest absolute Gasteiger partial charge is 0.490 e. The maximum atomic E-state index is 11.6. The number of aryl methyl sites for hydroxylation is 2. The average Bonchev–Trinajstić information content (AvgIpc) is 3.31. The van der Waals surface area contributed by atoms with Crippen molar-refractivity contribution in [2.45, 2.75) is 20.0 Å². The molecule has 0 saturated heterocycles. The summed E-state index contributed by atoms with van der Waals surface area (Å²) in [5.41, 5.74) is 5.07. The van der Waals surface area contributed by atoms with Gasteiger partial charge in [-0.25, -0.2) is 19.3 Å². The number of rotatable bonds is 3. The molecule has 166 valence electrons. The highest BCUT2D eigenvalue weighted by molar-refractivity contribution is 6.03. The van der Waals surface area contributed by atoms with Crippen LogP contribution in [0, 0.1) is 13.8 Å². The second-order valence-corrected chi connectivity index (χ2v) is 6.80. The van der Waals surface area contributed by atoms with Crippen LogP contribution in [0.25, 0.3) is 27.8 Å². The standard InChI is InChI=1S/C19H16N4O2.C2HF3O2/c1-11-7-8-23(22-11)15-5-3-13(4-6-15)14-9-16(19(24)25)18-17(10-14)20-12(2)21-18;3-2(4,5)1(6)7/h3-10H,1-2H3,(H,20,21)(H,24,25);(H,6,7). The Hall–Kier alpha value is -4.15. The topological polar surface area (TPSA) is 121 Å². The van der Waals surface area contributed by atoms with Crippen LogP contribution >= 0.6 is 0 Å². The van der Waals surface area contributed by atoms with Crippen LogP contribution in [-0.4, -0.2) is 48.1 Å². The van der Waals surface area contributed by atoms with Crippen LogP contribution in [0.2, 0.25) is 0 Å². The van der Waals surface area contributed by atoms with Crippen LogP contribution in [0.4, 0.5) is 13.2 Å².